The number of anilines is 2. The van der Waals surface area contributed by atoms with Gasteiger partial charge in [-0.2, -0.15) is 0 Å². The molecule has 2 heterocycles. The SMILES string of the molecule is Cc1ccc(C(=O)NCc2ccc(N3CCCC3)cc2)cc1N1CCCCS1(=O)=O. The fraction of sp³-hybridized carbons (Fsp3) is 0.435. The second-order valence-corrected chi connectivity index (χ2v) is 10.2. The highest BCUT2D eigenvalue weighted by molar-refractivity contribution is 7.92. The van der Waals surface area contributed by atoms with Gasteiger partial charge in [0.1, 0.15) is 0 Å². The molecule has 0 aromatic heterocycles. The van der Waals surface area contributed by atoms with Gasteiger partial charge in [0.25, 0.3) is 5.91 Å². The van der Waals surface area contributed by atoms with E-state index in [1.807, 2.05) is 13.0 Å². The van der Waals surface area contributed by atoms with Crippen molar-refractivity contribution in [1.82, 2.24) is 5.32 Å². The van der Waals surface area contributed by atoms with E-state index in [1.165, 1.54) is 22.8 Å². The lowest BCUT2D eigenvalue weighted by Gasteiger charge is -2.29. The summed E-state index contributed by atoms with van der Waals surface area (Å²) in [7, 11) is -3.31. The molecule has 0 spiro atoms. The van der Waals surface area contributed by atoms with Crippen LogP contribution in [-0.2, 0) is 16.6 Å². The molecule has 1 amide bonds. The van der Waals surface area contributed by atoms with Crippen LogP contribution in [0.1, 0.15) is 47.2 Å². The molecule has 0 saturated carbocycles. The van der Waals surface area contributed by atoms with Crippen LogP contribution >= 0.6 is 0 Å². The third-order valence-electron chi connectivity index (χ3n) is 5.95. The van der Waals surface area contributed by atoms with Gasteiger partial charge in [-0.3, -0.25) is 9.10 Å². The number of aryl methyl sites for hydroxylation is 1. The van der Waals surface area contributed by atoms with Crippen LogP contribution in [0.4, 0.5) is 11.4 Å². The van der Waals surface area contributed by atoms with Crippen LogP contribution in [0.25, 0.3) is 0 Å². The van der Waals surface area contributed by atoms with Gasteiger partial charge in [0.2, 0.25) is 10.0 Å². The molecule has 2 saturated heterocycles. The normalized spacial score (nSPS) is 18.4. The highest BCUT2D eigenvalue weighted by Crippen LogP contribution is 2.28. The highest BCUT2D eigenvalue weighted by Gasteiger charge is 2.27. The number of sulfonamides is 1. The summed E-state index contributed by atoms with van der Waals surface area (Å²) in [5.74, 6) is -0.0368. The molecular weight excluding hydrogens is 398 g/mol. The number of carbonyl (C=O) groups is 1. The van der Waals surface area contributed by atoms with Crippen LogP contribution in [0.15, 0.2) is 42.5 Å². The largest absolute Gasteiger partial charge is 0.372 e. The molecule has 0 bridgehead atoms. The molecule has 30 heavy (non-hydrogen) atoms. The van der Waals surface area contributed by atoms with Gasteiger partial charge in [0.15, 0.2) is 0 Å². The zero-order valence-corrected chi connectivity index (χ0v) is 18.2. The second-order valence-electron chi connectivity index (χ2n) is 8.14. The van der Waals surface area contributed by atoms with E-state index >= 15 is 0 Å². The van der Waals surface area contributed by atoms with E-state index in [2.05, 4.69) is 34.5 Å². The minimum absolute atomic E-state index is 0.163. The topological polar surface area (TPSA) is 69.7 Å². The van der Waals surface area contributed by atoms with Crippen molar-refractivity contribution in [3.63, 3.8) is 0 Å². The summed E-state index contributed by atoms with van der Waals surface area (Å²) in [6, 6.07) is 13.6. The van der Waals surface area contributed by atoms with Crippen LogP contribution < -0.4 is 14.5 Å². The molecule has 2 aromatic rings. The van der Waals surface area contributed by atoms with Crippen LogP contribution in [0.2, 0.25) is 0 Å². The maximum atomic E-state index is 12.7. The Morgan fingerprint density at radius 3 is 2.37 bits per heavy atom. The van der Waals surface area contributed by atoms with Crippen molar-refractivity contribution >= 4 is 27.3 Å². The van der Waals surface area contributed by atoms with Gasteiger partial charge in [-0.1, -0.05) is 18.2 Å². The molecule has 2 fully saturated rings. The first-order valence-corrected chi connectivity index (χ1v) is 12.3. The lowest BCUT2D eigenvalue weighted by Crippen LogP contribution is -2.38. The molecule has 2 aromatic carbocycles. The van der Waals surface area contributed by atoms with Crippen molar-refractivity contribution in [2.75, 3.05) is 34.6 Å². The van der Waals surface area contributed by atoms with Crippen LogP contribution in [0, 0.1) is 6.92 Å². The summed E-state index contributed by atoms with van der Waals surface area (Å²) < 4.78 is 26.4. The molecule has 1 N–H and O–H groups in total. The van der Waals surface area contributed by atoms with E-state index in [-0.39, 0.29) is 11.7 Å². The molecule has 2 aliphatic rings. The number of rotatable bonds is 5. The molecule has 0 radical (unpaired) electrons. The summed E-state index contributed by atoms with van der Waals surface area (Å²) in [5.41, 5.74) is 4.21. The van der Waals surface area contributed by atoms with Crippen molar-refractivity contribution < 1.29 is 13.2 Å². The monoisotopic (exact) mass is 427 g/mol. The van der Waals surface area contributed by atoms with Crippen molar-refractivity contribution in [3.05, 3.63) is 59.2 Å². The number of hydrogen-bond donors (Lipinski definition) is 1. The average Bonchev–Trinajstić information content (AvgIpc) is 3.28. The summed E-state index contributed by atoms with van der Waals surface area (Å²) in [5, 5.41) is 2.95. The lowest BCUT2D eigenvalue weighted by molar-refractivity contribution is 0.0951. The molecule has 0 atom stereocenters. The molecule has 160 valence electrons. The number of carbonyl (C=O) groups excluding carboxylic acids is 1. The van der Waals surface area contributed by atoms with E-state index in [0.29, 0.717) is 30.8 Å². The Hall–Kier alpha value is -2.54. The molecule has 7 heteroatoms. The first-order chi connectivity index (χ1) is 14.4. The summed E-state index contributed by atoms with van der Waals surface area (Å²) >= 11 is 0. The standard InChI is InChI=1S/C23H29N3O3S/c1-18-6-9-20(16-22(18)26-14-4-5-15-30(26,28)29)23(27)24-17-19-7-10-21(11-8-19)25-12-2-3-13-25/h6-11,16H,2-5,12-15,17H2,1H3,(H,24,27). The van der Waals surface area contributed by atoms with Crippen molar-refractivity contribution in [3.8, 4) is 0 Å². The van der Waals surface area contributed by atoms with Gasteiger partial charge in [0, 0.05) is 37.4 Å². The predicted molar refractivity (Wildman–Crippen MR) is 121 cm³/mol. The lowest BCUT2D eigenvalue weighted by atomic mass is 10.1. The van der Waals surface area contributed by atoms with Gasteiger partial charge in [0.05, 0.1) is 11.4 Å². The number of nitrogens with one attached hydrogen (secondary N) is 1. The second kappa shape index (κ2) is 8.68. The zero-order chi connectivity index (χ0) is 21.1. The Morgan fingerprint density at radius 2 is 1.67 bits per heavy atom. The number of amides is 1. The van der Waals surface area contributed by atoms with Crippen molar-refractivity contribution in [1.29, 1.82) is 0 Å². The third kappa shape index (κ3) is 4.46. The molecule has 0 aliphatic carbocycles. The molecule has 4 rings (SSSR count). The first-order valence-electron chi connectivity index (χ1n) is 10.7. The molecular formula is C23H29N3O3S. The Bertz CT molecular complexity index is 1010. The van der Waals surface area contributed by atoms with Gasteiger partial charge in [-0.05, 0) is 68.0 Å². The van der Waals surface area contributed by atoms with E-state index < -0.39 is 10.0 Å². The minimum Gasteiger partial charge on any atom is -0.372 e. The Kier molecular flexibility index (Phi) is 5.99. The van der Waals surface area contributed by atoms with Gasteiger partial charge >= 0.3 is 0 Å². The maximum absolute atomic E-state index is 12.7. The van der Waals surface area contributed by atoms with E-state index in [4.69, 9.17) is 0 Å². The van der Waals surface area contributed by atoms with Crippen LogP contribution in [0.3, 0.4) is 0 Å². The third-order valence-corrected chi connectivity index (χ3v) is 7.81. The Labute approximate surface area is 178 Å². The quantitative estimate of drug-likeness (QED) is 0.793. The maximum Gasteiger partial charge on any atom is 0.251 e. The fourth-order valence-electron chi connectivity index (χ4n) is 4.16. The molecule has 0 unspecified atom stereocenters. The molecule has 2 aliphatic heterocycles. The van der Waals surface area contributed by atoms with Gasteiger partial charge in [-0.25, -0.2) is 8.42 Å². The van der Waals surface area contributed by atoms with E-state index in [9.17, 15) is 13.2 Å². The number of benzene rings is 2. The van der Waals surface area contributed by atoms with Gasteiger partial charge in [-0.15, -0.1) is 0 Å². The first kappa shape index (κ1) is 20.7. The predicted octanol–water partition coefficient (Wildman–Crippen LogP) is 3.46. The van der Waals surface area contributed by atoms with Crippen molar-refractivity contribution in [2.45, 2.75) is 39.2 Å². The fourth-order valence-corrected chi connectivity index (χ4v) is 5.86. The number of nitrogens with zero attached hydrogens (tertiary/aromatic N) is 2. The molecule has 6 nitrogen and oxygen atoms in total. The van der Waals surface area contributed by atoms with Crippen LogP contribution in [-0.4, -0.2) is 39.7 Å². The minimum atomic E-state index is -3.31. The summed E-state index contributed by atoms with van der Waals surface area (Å²) in [6.07, 6.45) is 4.02. The smallest absolute Gasteiger partial charge is 0.251 e. The van der Waals surface area contributed by atoms with E-state index in [1.54, 1.807) is 12.1 Å². The Morgan fingerprint density at radius 1 is 0.967 bits per heavy atom. The van der Waals surface area contributed by atoms with E-state index in [0.717, 1.165) is 30.6 Å². The summed E-state index contributed by atoms with van der Waals surface area (Å²) in [4.78, 5) is 15.1. The van der Waals surface area contributed by atoms with Gasteiger partial charge < -0.3 is 10.2 Å². The van der Waals surface area contributed by atoms with Crippen LogP contribution in [0.5, 0.6) is 0 Å². The average molecular weight is 428 g/mol. The zero-order valence-electron chi connectivity index (χ0n) is 17.4. The highest BCUT2D eigenvalue weighted by atomic mass is 32.2. The van der Waals surface area contributed by atoms with Crippen molar-refractivity contribution in [2.24, 2.45) is 0 Å². The summed E-state index contributed by atoms with van der Waals surface area (Å²) in [6.45, 7) is 5.00. The number of hydrogen-bond acceptors (Lipinski definition) is 4. The Balaban J connectivity index is 1.43.